The van der Waals surface area contributed by atoms with Crippen LogP contribution in [0.4, 0.5) is 4.39 Å². The summed E-state index contributed by atoms with van der Waals surface area (Å²) in [5.41, 5.74) is 9.07. The largest absolute Gasteiger partial charge is 0.489 e. The topological polar surface area (TPSA) is 47.3 Å². The Morgan fingerprint density at radius 3 is 2.59 bits per heavy atom. The van der Waals surface area contributed by atoms with E-state index in [1.54, 1.807) is 6.07 Å². The van der Waals surface area contributed by atoms with Crippen molar-refractivity contribution in [2.45, 2.75) is 37.1 Å². The fraction of sp³-hybridized carbons (Fsp3) is 0.429. The van der Waals surface area contributed by atoms with Crippen molar-refractivity contribution < 1.29 is 9.13 Å². The third kappa shape index (κ3) is 3.68. The van der Waals surface area contributed by atoms with Gasteiger partial charge in [-0.3, -0.25) is 0 Å². The van der Waals surface area contributed by atoms with Crippen molar-refractivity contribution >= 4 is 24.0 Å². The Hall–Kier alpha value is -1.33. The van der Waals surface area contributed by atoms with E-state index in [0.717, 1.165) is 42.0 Å². The minimum atomic E-state index is -0.299. The number of fused-ring (bicyclic) bond motifs is 1. The lowest BCUT2D eigenvalue weighted by molar-refractivity contribution is 0.164. The Morgan fingerprint density at radius 2 is 1.96 bits per heavy atom. The number of nitrogens with one attached hydrogen (secondary N) is 1. The van der Waals surface area contributed by atoms with Crippen molar-refractivity contribution in [2.75, 3.05) is 19.7 Å². The average molecular weight is 411 g/mol. The molecule has 1 fully saturated rings. The summed E-state index contributed by atoms with van der Waals surface area (Å²) in [4.78, 5) is 0. The van der Waals surface area contributed by atoms with E-state index >= 15 is 0 Å². The maximum atomic E-state index is 14.4. The molecule has 3 nitrogen and oxygen atoms in total. The molecule has 6 heteroatoms. The molecule has 1 aliphatic heterocycles. The molecule has 0 amide bonds. The van der Waals surface area contributed by atoms with Crippen LogP contribution >= 0.6 is 24.0 Å². The van der Waals surface area contributed by atoms with Gasteiger partial charge in [-0.05, 0) is 66.8 Å². The Labute approximate surface area is 170 Å². The highest BCUT2D eigenvalue weighted by atomic mass is 35.5. The first kappa shape index (κ1) is 20.4. The number of benzene rings is 2. The van der Waals surface area contributed by atoms with Gasteiger partial charge in [-0.2, -0.15) is 0 Å². The molecule has 1 saturated carbocycles. The first-order valence-electron chi connectivity index (χ1n) is 9.29. The second kappa shape index (κ2) is 8.36. The monoisotopic (exact) mass is 410 g/mol. The summed E-state index contributed by atoms with van der Waals surface area (Å²) in [6.45, 7) is 1.54. The lowest BCUT2D eigenvalue weighted by Crippen LogP contribution is -2.49. The molecular formula is C21H25Cl2FN2O. The van der Waals surface area contributed by atoms with Crippen LogP contribution in [0.2, 0.25) is 5.02 Å². The summed E-state index contributed by atoms with van der Waals surface area (Å²) < 4.78 is 19.9. The smallest absolute Gasteiger partial charge is 0.165 e. The van der Waals surface area contributed by atoms with Crippen LogP contribution in [0.5, 0.6) is 5.75 Å². The van der Waals surface area contributed by atoms with Gasteiger partial charge >= 0.3 is 0 Å². The van der Waals surface area contributed by atoms with Gasteiger partial charge in [0.05, 0.1) is 0 Å². The van der Waals surface area contributed by atoms with Gasteiger partial charge in [0.2, 0.25) is 0 Å². The van der Waals surface area contributed by atoms with Crippen LogP contribution in [0.15, 0.2) is 36.4 Å². The van der Waals surface area contributed by atoms with E-state index in [0.29, 0.717) is 18.9 Å². The fourth-order valence-electron chi connectivity index (χ4n) is 4.41. The third-order valence-electron chi connectivity index (χ3n) is 5.84. The van der Waals surface area contributed by atoms with Crippen molar-refractivity contribution in [3.63, 3.8) is 0 Å². The molecule has 3 N–H and O–H groups in total. The molecular weight excluding hydrogens is 386 g/mol. The van der Waals surface area contributed by atoms with Crippen LogP contribution in [-0.4, -0.2) is 19.7 Å². The molecule has 0 bridgehead atoms. The van der Waals surface area contributed by atoms with E-state index in [1.165, 1.54) is 12.0 Å². The van der Waals surface area contributed by atoms with Gasteiger partial charge in [0.25, 0.3) is 0 Å². The normalized spacial score (nSPS) is 20.2. The highest BCUT2D eigenvalue weighted by Gasteiger charge is 2.47. The Balaban J connectivity index is 0.00000210. The van der Waals surface area contributed by atoms with Crippen molar-refractivity contribution in [3.8, 4) is 5.75 Å². The van der Waals surface area contributed by atoms with Crippen molar-refractivity contribution in [3.05, 3.63) is 63.9 Å². The zero-order valence-corrected chi connectivity index (χ0v) is 16.7. The summed E-state index contributed by atoms with van der Waals surface area (Å²) >= 11 is 6.09. The number of hydrogen-bond donors (Lipinski definition) is 2. The lowest BCUT2D eigenvalue weighted by atomic mass is 9.58. The average Bonchev–Trinajstić information content (AvgIpc) is 2.61. The van der Waals surface area contributed by atoms with Gasteiger partial charge in [0, 0.05) is 23.0 Å². The molecule has 1 aliphatic carbocycles. The van der Waals surface area contributed by atoms with Gasteiger partial charge in [-0.15, -0.1) is 12.4 Å². The van der Waals surface area contributed by atoms with E-state index in [9.17, 15) is 4.39 Å². The molecule has 4 rings (SSSR count). The Morgan fingerprint density at radius 1 is 1.22 bits per heavy atom. The first-order valence-corrected chi connectivity index (χ1v) is 9.66. The SMILES string of the molecule is Cl.NCCOc1cc2c(cc1F)CCNC2C1(c2ccc(Cl)cc2)CCC1. The molecule has 1 unspecified atom stereocenters. The molecule has 1 heterocycles. The van der Waals surface area contributed by atoms with Gasteiger partial charge in [-0.25, -0.2) is 4.39 Å². The maximum absolute atomic E-state index is 14.4. The van der Waals surface area contributed by atoms with Crippen LogP contribution in [0.25, 0.3) is 0 Å². The van der Waals surface area contributed by atoms with Gasteiger partial charge < -0.3 is 15.8 Å². The second-order valence-electron chi connectivity index (χ2n) is 7.27. The quantitative estimate of drug-likeness (QED) is 0.759. The Bertz CT molecular complexity index is 794. The van der Waals surface area contributed by atoms with E-state index in [4.69, 9.17) is 22.1 Å². The maximum Gasteiger partial charge on any atom is 0.165 e. The third-order valence-corrected chi connectivity index (χ3v) is 6.09. The molecule has 1 atom stereocenters. The minimum absolute atomic E-state index is 0. The van der Waals surface area contributed by atoms with Gasteiger partial charge in [0.1, 0.15) is 6.61 Å². The molecule has 0 aromatic heterocycles. The summed E-state index contributed by atoms with van der Waals surface area (Å²) in [6, 6.07) is 11.9. The van der Waals surface area contributed by atoms with Crippen LogP contribution in [-0.2, 0) is 11.8 Å². The fourth-order valence-corrected chi connectivity index (χ4v) is 4.54. The Kier molecular flexibility index (Phi) is 6.32. The molecule has 2 aromatic carbocycles. The number of ether oxygens (including phenoxy) is 1. The molecule has 0 saturated heterocycles. The molecule has 2 aromatic rings. The highest BCUT2D eigenvalue weighted by Crippen LogP contribution is 2.54. The zero-order valence-electron chi connectivity index (χ0n) is 15.1. The van der Waals surface area contributed by atoms with E-state index in [1.807, 2.05) is 18.2 Å². The van der Waals surface area contributed by atoms with Crippen molar-refractivity contribution in [1.29, 1.82) is 0 Å². The number of nitrogens with two attached hydrogens (primary N) is 1. The number of halogens is 3. The summed E-state index contributed by atoms with van der Waals surface area (Å²) in [5, 5.41) is 4.45. The second-order valence-corrected chi connectivity index (χ2v) is 7.71. The number of rotatable bonds is 5. The standard InChI is InChI=1S/C21H24ClFN2O.ClH/c22-16-4-2-15(3-5-16)21(7-1-8-21)20-17-13-19(26-11-9-24)18(23)12-14(17)6-10-25-20;/h2-5,12-13,20,25H,1,6-11,24H2;1H. The summed E-state index contributed by atoms with van der Waals surface area (Å²) in [7, 11) is 0. The highest BCUT2D eigenvalue weighted by molar-refractivity contribution is 6.30. The zero-order chi connectivity index (χ0) is 18.1. The first-order chi connectivity index (χ1) is 12.6. The van der Waals surface area contributed by atoms with Gasteiger partial charge in [-0.1, -0.05) is 30.2 Å². The molecule has 146 valence electrons. The predicted octanol–water partition coefficient (Wildman–Crippen LogP) is 4.55. The lowest BCUT2D eigenvalue weighted by Gasteiger charge is -2.50. The van der Waals surface area contributed by atoms with Crippen molar-refractivity contribution in [2.24, 2.45) is 5.73 Å². The summed E-state index contributed by atoms with van der Waals surface area (Å²) in [5.74, 6) is 0.000446. The van der Waals surface area contributed by atoms with E-state index in [2.05, 4.69) is 17.4 Å². The number of hydrogen-bond acceptors (Lipinski definition) is 3. The molecule has 27 heavy (non-hydrogen) atoms. The van der Waals surface area contributed by atoms with Crippen LogP contribution in [0.1, 0.15) is 42.0 Å². The minimum Gasteiger partial charge on any atom is -0.489 e. The summed E-state index contributed by atoms with van der Waals surface area (Å²) in [6.07, 6.45) is 4.26. The van der Waals surface area contributed by atoms with Crippen LogP contribution in [0, 0.1) is 5.82 Å². The van der Waals surface area contributed by atoms with Crippen LogP contribution < -0.4 is 15.8 Å². The predicted molar refractivity (Wildman–Crippen MR) is 110 cm³/mol. The van der Waals surface area contributed by atoms with E-state index in [-0.39, 0.29) is 29.7 Å². The molecule has 0 radical (unpaired) electrons. The molecule has 2 aliphatic rings. The van der Waals surface area contributed by atoms with Gasteiger partial charge in [0.15, 0.2) is 11.6 Å². The van der Waals surface area contributed by atoms with E-state index < -0.39 is 0 Å². The van der Waals surface area contributed by atoms with Crippen LogP contribution in [0.3, 0.4) is 0 Å². The van der Waals surface area contributed by atoms with Crippen molar-refractivity contribution in [1.82, 2.24) is 5.32 Å². The molecule has 0 spiro atoms.